The predicted octanol–water partition coefficient (Wildman–Crippen LogP) is 4.42. The lowest BCUT2D eigenvalue weighted by Crippen LogP contribution is -2.13. The zero-order valence-corrected chi connectivity index (χ0v) is 11.1. The number of halogens is 3. The van der Waals surface area contributed by atoms with Crippen LogP contribution >= 0.6 is 23.2 Å². The van der Waals surface area contributed by atoms with Crippen LogP contribution in [0.15, 0.2) is 42.5 Å². The number of rotatable bonds is 4. The Hall–Kier alpha value is -1.09. The van der Waals surface area contributed by atoms with E-state index in [1.165, 1.54) is 6.07 Å². The maximum absolute atomic E-state index is 13.0. The van der Waals surface area contributed by atoms with Gasteiger partial charge in [-0.3, -0.25) is 0 Å². The fourth-order valence-electron chi connectivity index (χ4n) is 1.63. The van der Waals surface area contributed by atoms with Crippen molar-refractivity contribution in [2.75, 3.05) is 0 Å². The first-order valence-electron chi connectivity index (χ1n) is 5.55. The van der Waals surface area contributed by atoms with E-state index in [0.29, 0.717) is 13.1 Å². The summed E-state index contributed by atoms with van der Waals surface area (Å²) in [5.74, 6) is -0.397. The van der Waals surface area contributed by atoms with Gasteiger partial charge in [0.15, 0.2) is 0 Å². The minimum Gasteiger partial charge on any atom is -0.309 e. The fourth-order valence-corrected chi connectivity index (χ4v) is 2.04. The van der Waals surface area contributed by atoms with Crippen molar-refractivity contribution in [1.29, 1.82) is 0 Å². The third-order valence-electron chi connectivity index (χ3n) is 2.59. The first kappa shape index (κ1) is 13.3. The summed E-state index contributed by atoms with van der Waals surface area (Å²) in [6, 6.07) is 12.4. The molecule has 0 spiro atoms. The Bertz CT molecular complexity index is 543. The second kappa shape index (κ2) is 6.19. The van der Waals surface area contributed by atoms with Crippen molar-refractivity contribution in [3.8, 4) is 0 Å². The summed E-state index contributed by atoms with van der Waals surface area (Å²) in [5, 5.41) is 4.12. The molecule has 2 aromatic carbocycles. The third-order valence-corrected chi connectivity index (χ3v) is 3.24. The summed E-state index contributed by atoms with van der Waals surface area (Å²) in [4.78, 5) is 0. The monoisotopic (exact) mass is 283 g/mol. The molecule has 2 rings (SSSR count). The molecular weight excluding hydrogens is 272 g/mol. The van der Waals surface area contributed by atoms with E-state index in [2.05, 4.69) is 5.32 Å². The van der Waals surface area contributed by atoms with Gasteiger partial charge in [-0.2, -0.15) is 0 Å². The zero-order valence-electron chi connectivity index (χ0n) is 9.59. The fraction of sp³-hybridized carbons (Fsp3) is 0.143. The van der Waals surface area contributed by atoms with Crippen LogP contribution in [0.4, 0.5) is 4.39 Å². The maximum atomic E-state index is 13.0. The molecule has 0 heterocycles. The predicted molar refractivity (Wildman–Crippen MR) is 73.4 cm³/mol. The molecule has 0 saturated heterocycles. The highest BCUT2D eigenvalue weighted by Gasteiger charge is 2.02. The minimum absolute atomic E-state index is 0.145. The first-order chi connectivity index (χ1) is 8.66. The second-order valence-corrected chi connectivity index (χ2v) is 4.76. The molecule has 4 heteroatoms. The van der Waals surface area contributed by atoms with Crippen LogP contribution in [0.3, 0.4) is 0 Å². The van der Waals surface area contributed by atoms with E-state index in [1.54, 1.807) is 12.1 Å². The van der Waals surface area contributed by atoms with Gasteiger partial charge in [0.05, 0.1) is 5.02 Å². The van der Waals surface area contributed by atoms with E-state index in [4.69, 9.17) is 23.2 Å². The molecule has 0 unspecified atom stereocenters. The average Bonchev–Trinajstić information content (AvgIpc) is 2.36. The highest BCUT2D eigenvalue weighted by Crippen LogP contribution is 2.17. The van der Waals surface area contributed by atoms with Crippen LogP contribution in [-0.4, -0.2) is 0 Å². The van der Waals surface area contributed by atoms with Gasteiger partial charge in [0.1, 0.15) is 5.82 Å². The standard InChI is InChI=1S/C14H12Cl2FN/c15-12-4-2-1-3-11(12)9-18-8-10-5-6-14(17)13(16)7-10/h1-7,18H,8-9H2. The van der Waals surface area contributed by atoms with E-state index in [1.807, 2.05) is 24.3 Å². The number of nitrogens with one attached hydrogen (secondary N) is 1. The van der Waals surface area contributed by atoms with Crippen LogP contribution in [0.1, 0.15) is 11.1 Å². The molecule has 0 bridgehead atoms. The third kappa shape index (κ3) is 3.45. The quantitative estimate of drug-likeness (QED) is 0.876. The summed E-state index contributed by atoms with van der Waals surface area (Å²) >= 11 is 11.8. The topological polar surface area (TPSA) is 12.0 Å². The van der Waals surface area contributed by atoms with Gasteiger partial charge in [-0.1, -0.05) is 47.5 Å². The average molecular weight is 284 g/mol. The minimum atomic E-state index is -0.397. The van der Waals surface area contributed by atoms with E-state index in [0.717, 1.165) is 16.1 Å². The van der Waals surface area contributed by atoms with Crippen LogP contribution < -0.4 is 5.32 Å². The van der Waals surface area contributed by atoms with Crippen molar-refractivity contribution in [2.45, 2.75) is 13.1 Å². The van der Waals surface area contributed by atoms with Crippen molar-refractivity contribution in [3.05, 3.63) is 69.5 Å². The van der Waals surface area contributed by atoms with Gasteiger partial charge in [0.2, 0.25) is 0 Å². The Balaban J connectivity index is 1.92. The highest BCUT2D eigenvalue weighted by atomic mass is 35.5. The molecule has 0 fully saturated rings. The lowest BCUT2D eigenvalue weighted by molar-refractivity contribution is 0.625. The van der Waals surface area contributed by atoms with Crippen molar-refractivity contribution in [3.63, 3.8) is 0 Å². The molecule has 0 radical (unpaired) electrons. The summed E-state index contributed by atoms with van der Waals surface area (Å²) in [6.45, 7) is 1.28. The molecule has 0 aliphatic heterocycles. The van der Waals surface area contributed by atoms with Crippen LogP contribution in [0.25, 0.3) is 0 Å². The first-order valence-corrected chi connectivity index (χ1v) is 6.30. The Morgan fingerprint density at radius 3 is 2.44 bits per heavy atom. The molecular formula is C14H12Cl2FN. The van der Waals surface area contributed by atoms with Crippen molar-refractivity contribution >= 4 is 23.2 Å². The van der Waals surface area contributed by atoms with Crippen LogP contribution in [-0.2, 0) is 13.1 Å². The van der Waals surface area contributed by atoms with Gasteiger partial charge in [-0.15, -0.1) is 0 Å². The lowest BCUT2D eigenvalue weighted by atomic mass is 10.2. The van der Waals surface area contributed by atoms with Crippen molar-refractivity contribution in [1.82, 2.24) is 5.32 Å². The highest BCUT2D eigenvalue weighted by molar-refractivity contribution is 6.31. The van der Waals surface area contributed by atoms with Gasteiger partial charge in [0.25, 0.3) is 0 Å². The normalized spacial score (nSPS) is 10.6. The van der Waals surface area contributed by atoms with Crippen molar-refractivity contribution < 1.29 is 4.39 Å². The Morgan fingerprint density at radius 2 is 1.72 bits per heavy atom. The van der Waals surface area contributed by atoms with Gasteiger partial charge < -0.3 is 5.32 Å². The van der Waals surface area contributed by atoms with Crippen LogP contribution in [0, 0.1) is 5.82 Å². The van der Waals surface area contributed by atoms with E-state index < -0.39 is 5.82 Å². The Kier molecular flexibility index (Phi) is 4.59. The van der Waals surface area contributed by atoms with E-state index in [9.17, 15) is 4.39 Å². The SMILES string of the molecule is Fc1ccc(CNCc2ccccc2Cl)cc1Cl. The molecule has 0 aliphatic carbocycles. The maximum Gasteiger partial charge on any atom is 0.141 e. The zero-order chi connectivity index (χ0) is 13.0. The molecule has 1 nitrogen and oxygen atoms in total. The van der Waals surface area contributed by atoms with E-state index in [-0.39, 0.29) is 5.02 Å². The van der Waals surface area contributed by atoms with Crippen LogP contribution in [0.2, 0.25) is 10.0 Å². The van der Waals surface area contributed by atoms with Gasteiger partial charge in [-0.05, 0) is 29.3 Å². The summed E-state index contributed by atoms with van der Waals surface area (Å²) in [5.41, 5.74) is 1.97. The van der Waals surface area contributed by atoms with Gasteiger partial charge in [0, 0.05) is 18.1 Å². The molecule has 2 aromatic rings. The Morgan fingerprint density at radius 1 is 0.944 bits per heavy atom. The molecule has 0 aromatic heterocycles. The molecule has 0 amide bonds. The summed E-state index contributed by atoms with van der Waals surface area (Å²) < 4.78 is 13.0. The number of hydrogen-bond donors (Lipinski definition) is 1. The molecule has 0 atom stereocenters. The van der Waals surface area contributed by atoms with Gasteiger partial charge in [-0.25, -0.2) is 4.39 Å². The molecule has 0 saturated carbocycles. The molecule has 1 N–H and O–H groups in total. The van der Waals surface area contributed by atoms with E-state index >= 15 is 0 Å². The largest absolute Gasteiger partial charge is 0.309 e. The molecule has 0 aliphatic rings. The van der Waals surface area contributed by atoms with Gasteiger partial charge >= 0.3 is 0 Å². The number of benzene rings is 2. The lowest BCUT2D eigenvalue weighted by Gasteiger charge is -2.07. The summed E-state index contributed by atoms with van der Waals surface area (Å²) in [6.07, 6.45) is 0. The van der Waals surface area contributed by atoms with Crippen LogP contribution in [0.5, 0.6) is 0 Å². The molecule has 94 valence electrons. The Labute approximate surface area is 116 Å². The summed E-state index contributed by atoms with van der Waals surface area (Å²) in [7, 11) is 0. The smallest absolute Gasteiger partial charge is 0.141 e. The van der Waals surface area contributed by atoms with Crippen molar-refractivity contribution in [2.24, 2.45) is 0 Å². The number of hydrogen-bond acceptors (Lipinski definition) is 1. The molecule has 18 heavy (non-hydrogen) atoms. The second-order valence-electron chi connectivity index (χ2n) is 3.94.